The first kappa shape index (κ1) is 14.4. The third-order valence-corrected chi connectivity index (χ3v) is 5.27. The van der Waals surface area contributed by atoms with Crippen LogP contribution in [0.15, 0.2) is 48.5 Å². The van der Waals surface area contributed by atoms with Crippen LogP contribution in [-0.4, -0.2) is 11.5 Å². The molecule has 0 aromatic heterocycles. The van der Waals surface area contributed by atoms with Crippen molar-refractivity contribution in [2.24, 2.45) is 5.92 Å². The number of fused-ring (bicyclic) bond motifs is 3. The van der Waals surface area contributed by atoms with E-state index in [1.54, 1.807) is 12.1 Å². The fourth-order valence-corrected chi connectivity index (χ4v) is 4.18. The predicted molar refractivity (Wildman–Crippen MR) is 87.4 cm³/mol. The van der Waals surface area contributed by atoms with Crippen LogP contribution in [0.5, 0.6) is 0 Å². The average molecular weight is 309 g/mol. The molecule has 0 bridgehead atoms. The van der Waals surface area contributed by atoms with Crippen LogP contribution in [0, 0.1) is 16.0 Å². The van der Waals surface area contributed by atoms with E-state index in [0.29, 0.717) is 11.8 Å². The van der Waals surface area contributed by atoms with Gasteiger partial charge in [0.2, 0.25) is 0 Å². The summed E-state index contributed by atoms with van der Waals surface area (Å²) in [4.78, 5) is 10.5. The van der Waals surface area contributed by atoms with E-state index in [9.17, 15) is 10.1 Å². The molecule has 1 fully saturated rings. The predicted octanol–water partition coefficient (Wildman–Crippen LogP) is 4.40. The molecule has 0 saturated carbocycles. The topological polar surface area (TPSA) is 52.4 Å². The molecule has 3 atom stereocenters. The van der Waals surface area contributed by atoms with Crippen molar-refractivity contribution in [3.63, 3.8) is 0 Å². The molecule has 1 aliphatic heterocycles. The maximum Gasteiger partial charge on any atom is 0.269 e. The fourth-order valence-electron chi connectivity index (χ4n) is 4.18. The number of non-ortho nitro benzene ring substituents is 1. The van der Waals surface area contributed by atoms with Gasteiger partial charge >= 0.3 is 0 Å². The Morgan fingerprint density at radius 2 is 1.83 bits per heavy atom. The van der Waals surface area contributed by atoms with Crippen molar-refractivity contribution in [2.45, 2.75) is 31.3 Å². The summed E-state index contributed by atoms with van der Waals surface area (Å²) in [7, 11) is 0. The third-order valence-electron chi connectivity index (χ3n) is 5.27. The van der Waals surface area contributed by atoms with E-state index >= 15 is 0 Å². The fraction of sp³-hybridized carbons (Fsp3) is 0.368. The Bertz CT molecular complexity index is 726. The van der Waals surface area contributed by atoms with Gasteiger partial charge in [0.05, 0.1) is 11.0 Å². The molecule has 2 aromatic rings. The monoisotopic (exact) mass is 309 g/mol. The quantitative estimate of drug-likeness (QED) is 0.610. The van der Waals surface area contributed by atoms with Gasteiger partial charge in [0.1, 0.15) is 0 Å². The normalized spacial score (nSPS) is 26.2. The van der Waals surface area contributed by atoms with E-state index in [2.05, 4.69) is 24.3 Å². The molecule has 4 heteroatoms. The van der Waals surface area contributed by atoms with E-state index in [1.807, 2.05) is 12.1 Å². The maximum absolute atomic E-state index is 10.8. The van der Waals surface area contributed by atoms with Gasteiger partial charge in [0, 0.05) is 18.7 Å². The van der Waals surface area contributed by atoms with E-state index < -0.39 is 0 Å². The molecule has 1 saturated heterocycles. The van der Waals surface area contributed by atoms with Crippen molar-refractivity contribution in [3.05, 3.63) is 75.3 Å². The summed E-state index contributed by atoms with van der Waals surface area (Å²) in [5.41, 5.74) is 4.14. The Hall–Kier alpha value is -2.20. The second-order valence-electron chi connectivity index (χ2n) is 6.44. The summed E-state index contributed by atoms with van der Waals surface area (Å²) in [6, 6.07) is 15.6. The lowest BCUT2D eigenvalue weighted by molar-refractivity contribution is -0.384. The zero-order valence-corrected chi connectivity index (χ0v) is 12.9. The van der Waals surface area contributed by atoms with Crippen LogP contribution in [0.4, 0.5) is 5.69 Å². The minimum Gasteiger partial charge on any atom is -0.373 e. The molecule has 0 amide bonds. The number of nitrogens with zero attached hydrogens (tertiary/aromatic N) is 1. The van der Waals surface area contributed by atoms with Gasteiger partial charge in [-0.15, -0.1) is 0 Å². The van der Waals surface area contributed by atoms with Crippen LogP contribution in [0.3, 0.4) is 0 Å². The summed E-state index contributed by atoms with van der Waals surface area (Å²) in [6.07, 6.45) is 3.31. The number of rotatable bonds is 2. The Morgan fingerprint density at radius 1 is 1.04 bits per heavy atom. The third kappa shape index (κ3) is 2.53. The molecule has 0 unspecified atom stereocenters. The van der Waals surface area contributed by atoms with E-state index in [-0.39, 0.29) is 16.7 Å². The van der Waals surface area contributed by atoms with Gasteiger partial charge in [0.15, 0.2) is 0 Å². The zero-order chi connectivity index (χ0) is 15.8. The minimum atomic E-state index is -0.356. The number of benzene rings is 2. The van der Waals surface area contributed by atoms with Crippen LogP contribution in [0.1, 0.15) is 41.6 Å². The molecule has 118 valence electrons. The second-order valence-corrected chi connectivity index (χ2v) is 6.44. The SMILES string of the molecule is O=[N+]([O-])c1ccc([C@H]2OCC[C@H]3c4ccccc4CC[C@H]23)cc1. The number of nitro groups is 1. The Kier molecular flexibility index (Phi) is 3.62. The number of hydrogen-bond acceptors (Lipinski definition) is 3. The summed E-state index contributed by atoms with van der Waals surface area (Å²) < 4.78 is 6.08. The second kappa shape index (κ2) is 5.78. The van der Waals surface area contributed by atoms with Crippen LogP contribution in [-0.2, 0) is 11.2 Å². The number of aryl methyl sites for hydroxylation is 1. The van der Waals surface area contributed by atoms with Crippen molar-refractivity contribution >= 4 is 5.69 Å². The van der Waals surface area contributed by atoms with Crippen LogP contribution in [0.25, 0.3) is 0 Å². The first-order valence-corrected chi connectivity index (χ1v) is 8.18. The van der Waals surface area contributed by atoms with Crippen molar-refractivity contribution in [2.75, 3.05) is 6.61 Å². The zero-order valence-electron chi connectivity index (χ0n) is 12.9. The molecule has 0 radical (unpaired) electrons. The number of hydrogen-bond donors (Lipinski definition) is 0. The summed E-state index contributed by atoms with van der Waals surface area (Å²) in [5, 5.41) is 10.8. The molecule has 1 aliphatic carbocycles. The molecule has 2 aromatic carbocycles. The Labute approximate surface area is 135 Å². The first-order valence-electron chi connectivity index (χ1n) is 8.18. The van der Waals surface area contributed by atoms with Gasteiger partial charge in [-0.3, -0.25) is 10.1 Å². The highest BCUT2D eigenvalue weighted by Crippen LogP contribution is 2.48. The molecular formula is C19H19NO3. The van der Waals surface area contributed by atoms with E-state index in [0.717, 1.165) is 31.4 Å². The van der Waals surface area contributed by atoms with Crippen molar-refractivity contribution < 1.29 is 9.66 Å². The summed E-state index contributed by atoms with van der Waals surface area (Å²) >= 11 is 0. The molecule has 0 spiro atoms. The lowest BCUT2D eigenvalue weighted by Crippen LogP contribution is -2.33. The van der Waals surface area contributed by atoms with Gasteiger partial charge in [-0.1, -0.05) is 24.3 Å². The highest BCUT2D eigenvalue weighted by atomic mass is 16.6. The highest BCUT2D eigenvalue weighted by Gasteiger charge is 2.39. The lowest BCUT2D eigenvalue weighted by Gasteiger charge is -2.42. The van der Waals surface area contributed by atoms with Gasteiger partial charge in [-0.25, -0.2) is 0 Å². The van der Waals surface area contributed by atoms with Gasteiger partial charge in [0.25, 0.3) is 5.69 Å². The average Bonchev–Trinajstić information content (AvgIpc) is 2.61. The largest absolute Gasteiger partial charge is 0.373 e. The summed E-state index contributed by atoms with van der Waals surface area (Å²) in [6.45, 7) is 0.747. The standard InChI is InChI=1S/C19H19NO3/c21-20(22)15-8-5-14(6-9-15)19-18-10-7-13-3-1-2-4-16(13)17(18)11-12-23-19/h1-6,8-9,17-19H,7,10-12H2/t17-,18-,19+/m0/s1. The van der Waals surface area contributed by atoms with Crippen LogP contribution < -0.4 is 0 Å². The highest BCUT2D eigenvalue weighted by molar-refractivity contribution is 5.37. The van der Waals surface area contributed by atoms with Crippen molar-refractivity contribution in [1.29, 1.82) is 0 Å². The minimum absolute atomic E-state index is 0.0444. The molecular weight excluding hydrogens is 290 g/mol. The van der Waals surface area contributed by atoms with Crippen molar-refractivity contribution in [1.82, 2.24) is 0 Å². The lowest BCUT2D eigenvalue weighted by atomic mass is 9.69. The molecule has 23 heavy (non-hydrogen) atoms. The Balaban J connectivity index is 1.65. The maximum atomic E-state index is 10.8. The van der Waals surface area contributed by atoms with Gasteiger partial charge in [-0.05, 0) is 59.9 Å². The smallest absolute Gasteiger partial charge is 0.269 e. The van der Waals surface area contributed by atoms with Crippen LogP contribution in [0.2, 0.25) is 0 Å². The van der Waals surface area contributed by atoms with E-state index in [1.165, 1.54) is 11.1 Å². The number of ether oxygens (including phenoxy) is 1. The molecule has 4 nitrogen and oxygen atoms in total. The first-order chi connectivity index (χ1) is 11.2. The molecule has 1 heterocycles. The van der Waals surface area contributed by atoms with Crippen LogP contribution >= 0.6 is 0 Å². The van der Waals surface area contributed by atoms with E-state index in [4.69, 9.17) is 4.74 Å². The Morgan fingerprint density at radius 3 is 2.61 bits per heavy atom. The molecule has 0 N–H and O–H groups in total. The summed E-state index contributed by atoms with van der Waals surface area (Å²) in [5.74, 6) is 0.994. The molecule has 4 rings (SSSR count). The van der Waals surface area contributed by atoms with Gasteiger partial charge in [-0.2, -0.15) is 0 Å². The molecule has 2 aliphatic rings. The van der Waals surface area contributed by atoms with Gasteiger partial charge < -0.3 is 4.74 Å². The van der Waals surface area contributed by atoms with Crippen molar-refractivity contribution in [3.8, 4) is 0 Å². The number of nitro benzene ring substituents is 1.